The van der Waals surface area contributed by atoms with Gasteiger partial charge in [-0.1, -0.05) is 91.0 Å². The zero-order valence-corrected chi connectivity index (χ0v) is 21.2. The first kappa shape index (κ1) is 24.6. The van der Waals surface area contributed by atoms with Crippen molar-refractivity contribution in [1.82, 2.24) is 10.2 Å². The van der Waals surface area contributed by atoms with Crippen molar-refractivity contribution in [3.63, 3.8) is 0 Å². The molecule has 3 aromatic carbocycles. The normalized spacial score (nSPS) is 22.5. The molecule has 1 fully saturated rings. The molecule has 0 bridgehead atoms. The molecule has 1 unspecified atom stereocenters. The minimum Gasteiger partial charge on any atom is -0.464 e. The van der Waals surface area contributed by atoms with Crippen LogP contribution < -0.4 is 5.32 Å². The smallest absolute Gasteiger partial charge is 0.408 e. The summed E-state index contributed by atoms with van der Waals surface area (Å²) in [6.07, 6.45) is -0.719. The number of hydrogen-bond donors (Lipinski definition) is 1. The summed E-state index contributed by atoms with van der Waals surface area (Å²) in [7, 11) is 1.30. The molecule has 0 aliphatic carbocycles. The highest BCUT2D eigenvalue weighted by atomic mass is 32.2. The summed E-state index contributed by atoms with van der Waals surface area (Å²) in [5.74, 6) is -1.01. The van der Waals surface area contributed by atoms with Gasteiger partial charge in [0.05, 0.1) is 12.4 Å². The van der Waals surface area contributed by atoms with Crippen LogP contribution in [0.5, 0.6) is 0 Å². The zero-order valence-electron chi connectivity index (χ0n) is 20.4. The molecule has 7 nitrogen and oxygen atoms in total. The summed E-state index contributed by atoms with van der Waals surface area (Å²) in [5, 5.41) is 2.05. The summed E-state index contributed by atoms with van der Waals surface area (Å²) < 4.78 is 10.6. The number of methoxy groups -OCH3 is 1. The highest BCUT2D eigenvalue weighted by Crippen LogP contribution is 2.57. The quantitative estimate of drug-likeness (QED) is 0.372. The number of benzene rings is 3. The van der Waals surface area contributed by atoms with Crippen LogP contribution >= 0.6 is 11.8 Å². The maximum absolute atomic E-state index is 13.9. The minimum absolute atomic E-state index is 0.0618. The van der Waals surface area contributed by atoms with Crippen molar-refractivity contribution in [3.8, 4) is 0 Å². The van der Waals surface area contributed by atoms with Crippen LogP contribution in [0.4, 0.5) is 4.79 Å². The van der Waals surface area contributed by atoms with E-state index in [0.29, 0.717) is 5.56 Å². The summed E-state index contributed by atoms with van der Waals surface area (Å²) in [6.45, 7) is 1.90. The Labute approximate surface area is 219 Å². The lowest BCUT2D eigenvalue weighted by Gasteiger charge is -2.58. The lowest BCUT2D eigenvalue weighted by atomic mass is 9.79. The van der Waals surface area contributed by atoms with Gasteiger partial charge >= 0.3 is 12.1 Å². The molecule has 5 rings (SSSR count). The molecule has 2 heterocycles. The number of hydrogen-bond acceptors (Lipinski definition) is 6. The molecule has 3 aromatic rings. The molecule has 2 aliphatic rings. The molecule has 37 heavy (non-hydrogen) atoms. The second-order valence-corrected chi connectivity index (χ2v) is 10.0. The number of esters is 1. The number of carbonyl (C=O) groups is 3. The molecule has 0 saturated carbocycles. The highest BCUT2D eigenvalue weighted by molar-refractivity contribution is 8.00. The van der Waals surface area contributed by atoms with Gasteiger partial charge in [0.25, 0.3) is 5.91 Å². The largest absolute Gasteiger partial charge is 0.464 e. The number of nitrogens with one attached hydrogen (secondary N) is 1. The minimum atomic E-state index is -1.42. The molecule has 2 aliphatic heterocycles. The molecular formula is C29H26N2O5S. The van der Waals surface area contributed by atoms with Gasteiger partial charge in [-0.15, -0.1) is 11.8 Å². The number of fused-ring (bicyclic) bond motifs is 1. The Kier molecular flexibility index (Phi) is 6.76. The number of ether oxygens (including phenoxy) is 2. The second kappa shape index (κ2) is 10.1. The van der Waals surface area contributed by atoms with Crippen LogP contribution in [0.3, 0.4) is 0 Å². The van der Waals surface area contributed by atoms with Crippen LogP contribution in [0.1, 0.15) is 28.9 Å². The van der Waals surface area contributed by atoms with Gasteiger partial charge in [-0.2, -0.15) is 0 Å². The van der Waals surface area contributed by atoms with Crippen LogP contribution in [-0.2, 0) is 31.2 Å². The molecule has 0 aromatic heterocycles. The SMILES string of the molecule is COC(=O)C1=C(C)C(c2ccccc2)S[C@@H]2N1C(=O)[C@]2(NC(=O)OCc1ccccc1)c1ccccc1. The fourth-order valence-corrected chi connectivity index (χ4v) is 6.55. The fraction of sp³-hybridized carbons (Fsp3) is 0.207. The number of alkyl carbamates (subject to hydrolysis) is 1. The third kappa shape index (κ3) is 4.27. The predicted molar refractivity (Wildman–Crippen MR) is 140 cm³/mol. The van der Waals surface area contributed by atoms with Crippen molar-refractivity contribution in [2.75, 3.05) is 7.11 Å². The average molecular weight is 515 g/mol. The Morgan fingerprint density at radius 3 is 2.16 bits per heavy atom. The van der Waals surface area contributed by atoms with E-state index in [4.69, 9.17) is 9.47 Å². The Balaban J connectivity index is 1.54. The van der Waals surface area contributed by atoms with E-state index in [0.717, 1.165) is 16.7 Å². The van der Waals surface area contributed by atoms with Gasteiger partial charge in [-0.3, -0.25) is 9.69 Å². The number of β-lactam (4-membered cyclic amide) rings is 1. The molecule has 2 amide bonds. The van der Waals surface area contributed by atoms with Crippen molar-refractivity contribution >= 4 is 29.7 Å². The Hall–Kier alpha value is -4.04. The lowest BCUT2D eigenvalue weighted by Crippen LogP contribution is -2.77. The van der Waals surface area contributed by atoms with Crippen molar-refractivity contribution in [2.24, 2.45) is 0 Å². The average Bonchev–Trinajstić information content (AvgIpc) is 2.95. The maximum atomic E-state index is 13.9. The van der Waals surface area contributed by atoms with Crippen LogP contribution in [0.15, 0.2) is 102 Å². The number of carbonyl (C=O) groups excluding carboxylic acids is 3. The number of rotatable bonds is 6. The summed E-state index contributed by atoms with van der Waals surface area (Å²) in [6, 6.07) is 28.1. The lowest BCUT2D eigenvalue weighted by molar-refractivity contribution is -0.158. The Bertz CT molecular complexity index is 1350. The van der Waals surface area contributed by atoms with Crippen molar-refractivity contribution in [2.45, 2.75) is 29.7 Å². The molecule has 1 N–H and O–H groups in total. The van der Waals surface area contributed by atoms with E-state index in [1.54, 1.807) is 12.1 Å². The predicted octanol–water partition coefficient (Wildman–Crippen LogP) is 4.91. The fourth-order valence-electron chi connectivity index (χ4n) is 4.84. The summed E-state index contributed by atoms with van der Waals surface area (Å²) in [4.78, 5) is 41.4. The first-order valence-corrected chi connectivity index (χ1v) is 12.8. The monoisotopic (exact) mass is 514 g/mol. The van der Waals surface area contributed by atoms with Gasteiger partial charge in [-0.25, -0.2) is 9.59 Å². The van der Waals surface area contributed by atoms with E-state index < -0.39 is 28.9 Å². The second-order valence-electron chi connectivity index (χ2n) is 8.84. The van der Waals surface area contributed by atoms with Crippen LogP contribution in [0, 0.1) is 0 Å². The summed E-state index contributed by atoms with van der Waals surface area (Å²) in [5.41, 5.74) is 1.93. The van der Waals surface area contributed by atoms with Gasteiger partial charge in [-0.05, 0) is 29.2 Å². The van der Waals surface area contributed by atoms with Gasteiger partial charge in [0, 0.05) is 0 Å². The van der Waals surface area contributed by atoms with E-state index >= 15 is 0 Å². The van der Waals surface area contributed by atoms with Crippen LogP contribution in [0.2, 0.25) is 0 Å². The zero-order chi connectivity index (χ0) is 26.0. The first-order chi connectivity index (χ1) is 18.0. The highest BCUT2D eigenvalue weighted by Gasteiger charge is 2.67. The maximum Gasteiger partial charge on any atom is 0.408 e. The van der Waals surface area contributed by atoms with Crippen molar-refractivity contribution in [1.29, 1.82) is 0 Å². The Morgan fingerprint density at radius 2 is 1.54 bits per heavy atom. The first-order valence-electron chi connectivity index (χ1n) is 11.8. The topological polar surface area (TPSA) is 84.9 Å². The third-order valence-corrected chi connectivity index (χ3v) is 8.38. The van der Waals surface area contributed by atoms with E-state index in [-0.39, 0.29) is 17.6 Å². The van der Waals surface area contributed by atoms with Gasteiger partial charge < -0.3 is 14.8 Å². The number of amides is 2. The number of nitrogens with zero attached hydrogens (tertiary/aromatic N) is 1. The Morgan fingerprint density at radius 1 is 0.946 bits per heavy atom. The molecular weight excluding hydrogens is 488 g/mol. The summed E-state index contributed by atoms with van der Waals surface area (Å²) >= 11 is 1.51. The van der Waals surface area contributed by atoms with Gasteiger partial charge in [0.2, 0.25) is 0 Å². The van der Waals surface area contributed by atoms with E-state index in [9.17, 15) is 14.4 Å². The van der Waals surface area contributed by atoms with E-state index in [2.05, 4.69) is 5.32 Å². The number of thioether (sulfide) groups is 1. The van der Waals surface area contributed by atoms with Crippen molar-refractivity contribution in [3.05, 3.63) is 119 Å². The molecule has 188 valence electrons. The molecule has 0 spiro atoms. The van der Waals surface area contributed by atoms with Gasteiger partial charge in [0.1, 0.15) is 17.7 Å². The molecule has 8 heteroatoms. The van der Waals surface area contributed by atoms with Crippen LogP contribution in [0.25, 0.3) is 0 Å². The van der Waals surface area contributed by atoms with Gasteiger partial charge in [0.15, 0.2) is 5.54 Å². The van der Waals surface area contributed by atoms with Crippen molar-refractivity contribution < 1.29 is 23.9 Å². The van der Waals surface area contributed by atoms with E-state index in [1.807, 2.05) is 85.8 Å². The standard InChI is InChI=1S/C29H26N2O5S/c1-19-23(25(32)35-2)31-26(33)29(22-16-10-5-11-17-22,27(31)37-24(19)21-14-8-4-9-15-21)30-28(34)36-18-20-12-6-3-7-13-20/h3-17,24,27H,18H2,1-2H3,(H,30,34)/t24?,27-,29+/m0/s1. The molecule has 3 atom stereocenters. The van der Waals surface area contributed by atoms with E-state index in [1.165, 1.54) is 23.8 Å². The molecule has 1 saturated heterocycles. The third-order valence-electron chi connectivity index (χ3n) is 6.66. The van der Waals surface area contributed by atoms with Crippen LogP contribution in [-0.4, -0.2) is 35.4 Å². The molecule has 0 radical (unpaired) electrons.